The summed E-state index contributed by atoms with van der Waals surface area (Å²) in [5, 5.41) is 18.7. The number of piperidine rings is 1. The maximum absolute atomic E-state index is 13.8. The van der Waals surface area contributed by atoms with E-state index in [0.29, 0.717) is 23.2 Å². The SMILES string of the molecule is Fc1cccc(Cl)c1CNC1CCN(Cc2ccccc2)CC1.O=C(O)C(=O)O. The van der Waals surface area contributed by atoms with Gasteiger partial charge in [-0.25, -0.2) is 14.0 Å². The number of aliphatic carboxylic acids is 2. The van der Waals surface area contributed by atoms with Gasteiger partial charge in [-0.05, 0) is 43.6 Å². The number of nitrogens with zero attached hydrogens (tertiary/aromatic N) is 1. The number of carbonyl (C=O) groups is 2. The van der Waals surface area contributed by atoms with Crippen molar-refractivity contribution in [2.24, 2.45) is 0 Å². The number of halogens is 2. The van der Waals surface area contributed by atoms with Crippen LogP contribution in [-0.2, 0) is 22.7 Å². The summed E-state index contributed by atoms with van der Waals surface area (Å²) in [6, 6.07) is 15.8. The second-order valence-corrected chi connectivity index (χ2v) is 7.13. The zero-order chi connectivity index (χ0) is 21.2. The van der Waals surface area contributed by atoms with Gasteiger partial charge in [0.1, 0.15) is 5.82 Å². The number of benzene rings is 2. The molecule has 6 nitrogen and oxygen atoms in total. The van der Waals surface area contributed by atoms with E-state index in [0.717, 1.165) is 32.5 Å². The van der Waals surface area contributed by atoms with Gasteiger partial charge in [-0.1, -0.05) is 48.0 Å². The molecule has 0 bridgehead atoms. The van der Waals surface area contributed by atoms with Gasteiger partial charge >= 0.3 is 11.9 Å². The molecule has 29 heavy (non-hydrogen) atoms. The van der Waals surface area contributed by atoms with Crippen LogP contribution in [0.1, 0.15) is 24.0 Å². The summed E-state index contributed by atoms with van der Waals surface area (Å²) in [6.07, 6.45) is 2.16. The highest BCUT2D eigenvalue weighted by atomic mass is 35.5. The number of hydrogen-bond acceptors (Lipinski definition) is 4. The van der Waals surface area contributed by atoms with Crippen molar-refractivity contribution in [3.63, 3.8) is 0 Å². The van der Waals surface area contributed by atoms with Gasteiger partial charge in [0.25, 0.3) is 0 Å². The summed E-state index contributed by atoms with van der Waals surface area (Å²) >= 11 is 6.07. The Morgan fingerprint density at radius 1 is 1.03 bits per heavy atom. The maximum Gasteiger partial charge on any atom is 0.414 e. The summed E-state index contributed by atoms with van der Waals surface area (Å²) in [6.45, 7) is 3.64. The number of carboxylic acids is 2. The van der Waals surface area contributed by atoms with Crippen LogP contribution in [0.5, 0.6) is 0 Å². The van der Waals surface area contributed by atoms with Crippen molar-refractivity contribution in [2.75, 3.05) is 13.1 Å². The molecule has 0 saturated carbocycles. The minimum atomic E-state index is -1.82. The molecule has 0 aliphatic carbocycles. The first-order chi connectivity index (χ1) is 13.9. The first-order valence-electron chi connectivity index (χ1n) is 9.25. The molecule has 0 spiro atoms. The topological polar surface area (TPSA) is 89.9 Å². The highest BCUT2D eigenvalue weighted by Gasteiger charge is 2.19. The van der Waals surface area contributed by atoms with Crippen molar-refractivity contribution in [1.29, 1.82) is 0 Å². The van der Waals surface area contributed by atoms with Crippen molar-refractivity contribution in [3.8, 4) is 0 Å². The molecule has 0 atom stereocenters. The van der Waals surface area contributed by atoms with Gasteiger partial charge < -0.3 is 15.5 Å². The van der Waals surface area contributed by atoms with Gasteiger partial charge in [0.2, 0.25) is 0 Å². The van der Waals surface area contributed by atoms with Crippen LogP contribution >= 0.6 is 11.6 Å². The molecule has 3 N–H and O–H groups in total. The molecule has 3 rings (SSSR count). The molecule has 1 heterocycles. The Hall–Kier alpha value is -2.48. The molecule has 8 heteroatoms. The molecule has 1 aliphatic heterocycles. The Balaban J connectivity index is 0.000000438. The second-order valence-electron chi connectivity index (χ2n) is 6.73. The minimum Gasteiger partial charge on any atom is -0.473 e. The van der Waals surface area contributed by atoms with Crippen LogP contribution in [0.15, 0.2) is 48.5 Å². The van der Waals surface area contributed by atoms with Crippen LogP contribution in [0.4, 0.5) is 4.39 Å². The van der Waals surface area contributed by atoms with E-state index in [9.17, 15) is 4.39 Å². The van der Waals surface area contributed by atoms with Gasteiger partial charge in [0.15, 0.2) is 0 Å². The van der Waals surface area contributed by atoms with Crippen molar-refractivity contribution in [3.05, 3.63) is 70.5 Å². The highest BCUT2D eigenvalue weighted by molar-refractivity contribution is 6.31. The molecule has 0 aromatic heterocycles. The number of carboxylic acid groups (broad SMARTS) is 2. The fourth-order valence-electron chi connectivity index (χ4n) is 3.08. The van der Waals surface area contributed by atoms with E-state index in [1.54, 1.807) is 12.1 Å². The average molecular weight is 423 g/mol. The van der Waals surface area contributed by atoms with Crippen LogP contribution in [0, 0.1) is 5.82 Å². The second kappa shape index (κ2) is 11.5. The van der Waals surface area contributed by atoms with Gasteiger partial charge in [0.05, 0.1) is 0 Å². The zero-order valence-electron chi connectivity index (χ0n) is 15.9. The highest BCUT2D eigenvalue weighted by Crippen LogP contribution is 2.20. The maximum atomic E-state index is 13.8. The Labute approximate surface area is 173 Å². The monoisotopic (exact) mass is 422 g/mol. The Kier molecular flexibility index (Phi) is 9.05. The first-order valence-corrected chi connectivity index (χ1v) is 9.63. The van der Waals surface area contributed by atoms with Crippen molar-refractivity contribution in [2.45, 2.75) is 32.0 Å². The molecule has 1 saturated heterocycles. The minimum absolute atomic E-state index is 0.230. The van der Waals surface area contributed by atoms with Crippen LogP contribution in [-0.4, -0.2) is 46.2 Å². The predicted octanol–water partition coefficient (Wildman–Crippen LogP) is 3.39. The molecule has 0 unspecified atom stereocenters. The molecule has 2 aromatic carbocycles. The molecule has 156 valence electrons. The lowest BCUT2D eigenvalue weighted by molar-refractivity contribution is -0.159. The number of likely N-dealkylation sites (tertiary alicyclic amines) is 1. The Morgan fingerprint density at radius 2 is 1.66 bits per heavy atom. The number of rotatable bonds is 5. The summed E-state index contributed by atoms with van der Waals surface area (Å²) < 4.78 is 13.8. The fourth-order valence-corrected chi connectivity index (χ4v) is 3.31. The van der Waals surface area contributed by atoms with Crippen LogP contribution < -0.4 is 5.32 Å². The lowest BCUT2D eigenvalue weighted by Gasteiger charge is -2.32. The lowest BCUT2D eigenvalue weighted by atomic mass is 10.0. The largest absolute Gasteiger partial charge is 0.473 e. The van der Waals surface area contributed by atoms with Crippen LogP contribution in [0.2, 0.25) is 5.02 Å². The standard InChI is InChI=1S/C19H22ClFN2.C2H2O4/c20-18-7-4-8-19(21)17(18)13-22-16-9-11-23(12-10-16)14-15-5-2-1-3-6-15;3-1(4)2(5)6/h1-8,16,22H,9-14H2;(H,3,4)(H,5,6). The zero-order valence-corrected chi connectivity index (χ0v) is 16.6. The third kappa shape index (κ3) is 7.81. The first kappa shape index (κ1) is 22.8. The average Bonchev–Trinajstić information content (AvgIpc) is 2.70. The summed E-state index contributed by atoms with van der Waals surface area (Å²) in [5.41, 5.74) is 1.93. The van der Waals surface area contributed by atoms with Gasteiger partial charge in [-0.2, -0.15) is 0 Å². The van der Waals surface area contributed by atoms with Gasteiger partial charge in [-0.3, -0.25) is 4.90 Å². The third-order valence-electron chi connectivity index (χ3n) is 4.65. The lowest BCUT2D eigenvalue weighted by Crippen LogP contribution is -2.42. The van der Waals surface area contributed by atoms with Crippen LogP contribution in [0.3, 0.4) is 0 Å². The van der Waals surface area contributed by atoms with Crippen LogP contribution in [0.25, 0.3) is 0 Å². The molecule has 1 aliphatic rings. The smallest absolute Gasteiger partial charge is 0.414 e. The van der Waals surface area contributed by atoms with E-state index in [2.05, 4.69) is 34.5 Å². The Morgan fingerprint density at radius 3 is 2.21 bits per heavy atom. The number of nitrogens with one attached hydrogen (secondary N) is 1. The van der Waals surface area contributed by atoms with E-state index in [4.69, 9.17) is 31.4 Å². The van der Waals surface area contributed by atoms with E-state index in [-0.39, 0.29) is 5.82 Å². The normalized spacial score (nSPS) is 14.7. The molecule has 1 fully saturated rings. The molecular weight excluding hydrogens is 399 g/mol. The molecular formula is C21H24ClFN2O4. The van der Waals surface area contributed by atoms with Crippen molar-refractivity contribution < 1.29 is 24.2 Å². The molecule has 0 radical (unpaired) electrons. The van der Waals surface area contributed by atoms with E-state index < -0.39 is 11.9 Å². The number of hydrogen-bond donors (Lipinski definition) is 3. The van der Waals surface area contributed by atoms with Gasteiger partial charge in [0, 0.05) is 29.7 Å². The van der Waals surface area contributed by atoms with Crippen molar-refractivity contribution >= 4 is 23.5 Å². The summed E-state index contributed by atoms with van der Waals surface area (Å²) in [4.78, 5) is 20.7. The Bertz CT molecular complexity index is 779. The predicted molar refractivity (Wildman–Crippen MR) is 108 cm³/mol. The molecule has 2 aromatic rings. The summed E-state index contributed by atoms with van der Waals surface area (Å²) in [7, 11) is 0. The van der Waals surface area contributed by atoms with E-state index in [1.807, 2.05) is 6.07 Å². The van der Waals surface area contributed by atoms with Gasteiger partial charge in [-0.15, -0.1) is 0 Å². The van der Waals surface area contributed by atoms with Crippen molar-refractivity contribution in [1.82, 2.24) is 10.2 Å². The third-order valence-corrected chi connectivity index (χ3v) is 5.00. The molecule has 0 amide bonds. The summed E-state index contributed by atoms with van der Waals surface area (Å²) in [5.74, 6) is -3.88. The fraction of sp³-hybridized carbons (Fsp3) is 0.333. The van der Waals surface area contributed by atoms with E-state index in [1.165, 1.54) is 11.6 Å². The quantitative estimate of drug-likeness (QED) is 0.640. The van der Waals surface area contributed by atoms with E-state index >= 15 is 0 Å².